The Balaban J connectivity index is 1.57. The van der Waals surface area contributed by atoms with Crippen molar-refractivity contribution in [1.82, 2.24) is 5.32 Å². The van der Waals surface area contributed by atoms with Crippen LogP contribution in [0.4, 0.5) is 0 Å². The van der Waals surface area contributed by atoms with Crippen LogP contribution in [0, 0.1) is 0 Å². The van der Waals surface area contributed by atoms with E-state index in [-0.39, 0.29) is 11.3 Å². The quantitative estimate of drug-likeness (QED) is 0.556. The molecule has 0 aliphatic carbocycles. The minimum absolute atomic E-state index is 0.101. The van der Waals surface area contributed by atoms with E-state index in [0.29, 0.717) is 18.6 Å². The second-order valence-corrected chi connectivity index (χ2v) is 8.88. The molecule has 5 heteroatoms. The highest BCUT2D eigenvalue weighted by Gasteiger charge is 2.19. The minimum Gasteiger partial charge on any atom is -0.489 e. The van der Waals surface area contributed by atoms with E-state index in [2.05, 4.69) is 38.2 Å². The van der Waals surface area contributed by atoms with Gasteiger partial charge in [0, 0.05) is 12.0 Å². The molecule has 0 heterocycles. The molecule has 0 bridgehead atoms. The molecule has 0 aliphatic rings. The smallest absolute Gasteiger partial charge is 0.251 e. The minimum atomic E-state index is -0.774. The van der Waals surface area contributed by atoms with Crippen molar-refractivity contribution in [3.8, 4) is 5.75 Å². The second-order valence-electron chi connectivity index (χ2n) is 8.88. The van der Waals surface area contributed by atoms with Crippen molar-refractivity contribution in [3.05, 3.63) is 101 Å². The Morgan fingerprint density at radius 2 is 1.50 bits per heavy atom. The van der Waals surface area contributed by atoms with Crippen LogP contribution in [0.25, 0.3) is 0 Å². The third kappa shape index (κ3) is 6.45. The summed E-state index contributed by atoms with van der Waals surface area (Å²) in [6, 6.07) is 23.9. The third-order valence-electron chi connectivity index (χ3n) is 5.27. The number of nitrogens with two attached hydrogens (primary N) is 1. The lowest BCUT2D eigenvalue weighted by molar-refractivity contribution is -0.119. The van der Waals surface area contributed by atoms with E-state index < -0.39 is 11.9 Å². The maximum atomic E-state index is 12.6. The van der Waals surface area contributed by atoms with Gasteiger partial charge in [0.25, 0.3) is 5.91 Å². The third-order valence-corrected chi connectivity index (χ3v) is 5.27. The van der Waals surface area contributed by atoms with Gasteiger partial charge in [0.1, 0.15) is 18.4 Å². The first-order chi connectivity index (χ1) is 15.2. The normalized spacial score (nSPS) is 12.1. The van der Waals surface area contributed by atoms with E-state index in [0.717, 1.165) is 16.9 Å². The Bertz CT molecular complexity index is 1040. The Morgan fingerprint density at radius 3 is 2.06 bits per heavy atom. The van der Waals surface area contributed by atoms with Gasteiger partial charge in [0.2, 0.25) is 5.91 Å². The number of hydrogen-bond acceptors (Lipinski definition) is 3. The summed E-state index contributed by atoms with van der Waals surface area (Å²) in [7, 11) is 0. The first kappa shape index (κ1) is 23.1. The van der Waals surface area contributed by atoms with Crippen molar-refractivity contribution in [2.24, 2.45) is 5.73 Å². The monoisotopic (exact) mass is 430 g/mol. The number of carbonyl (C=O) groups is 2. The summed E-state index contributed by atoms with van der Waals surface area (Å²) >= 11 is 0. The highest BCUT2D eigenvalue weighted by molar-refractivity contribution is 5.97. The summed E-state index contributed by atoms with van der Waals surface area (Å²) in [5.74, 6) is -0.107. The SMILES string of the molecule is CC(C)(C)c1ccc(OCc2ccc(C(=O)NC(Cc3ccccc3)C(N)=O)cc2)cc1. The molecular weight excluding hydrogens is 400 g/mol. The highest BCUT2D eigenvalue weighted by Crippen LogP contribution is 2.24. The molecule has 5 nitrogen and oxygen atoms in total. The van der Waals surface area contributed by atoms with Gasteiger partial charge in [-0.15, -0.1) is 0 Å². The van der Waals surface area contributed by atoms with Gasteiger partial charge in [-0.05, 0) is 46.4 Å². The molecule has 3 aromatic carbocycles. The molecule has 0 radical (unpaired) electrons. The Kier molecular flexibility index (Phi) is 7.31. The molecular formula is C27H30N2O3. The maximum Gasteiger partial charge on any atom is 0.251 e. The first-order valence-corrected chi connectivity index (χ1v) is 10.7. The van der Waals surface area contributed by atoms with Crippen molar-refractivity contribution >= 4 is 11.8 Å². The van der Waals surface area contributed by atoms with E-state index in [4.69, 9.17) is 10.5 Å². The number of amides is 2. The van der Waals surface area contributed by atoms with Gasteiger partial charge in [-0.3, -0.25) is 9.59 Å². The van der Waals surface area contributed by atoms with Gasteiger partial charge in [0.05, 0.1) is 0 Å². The van der Waals surface area contributed by atoms with Crippen molar-refractivity contribution in [2.75, 3.05) is 0 Å². The number of nitrogens with one attached hydrogen (secondary N) is 1. The average molecular weight is 431 g/mol. The fourth-order valence-electron chi connectivity index (χ4n) is 3.28. The fraction of sp³-hybridized carbons (Fsp3) is 0.259. The van der Waals surface area contributed by atoms with Gasteiger partial charge >= 0.3 is 0 Å². The van der Waals surface area contributed by atoms with E-state index >= 15 is 0 Å². The van der Waals surface area contributed by atoms with Crippen molar-refractivity contribution in [1.29, 1.82) is 0 Å². The van der Waals surface area contributed by atoms with Gasteiger partial charge < -0.3 is 15.8 Å². The molecule has 3 rings (SSSR count). The summed E-state index contributed by atoms with van der Waals surface area (Å²) in [5, 5.41) is 2.73. The fourth-order valence-corrected chi connectivity index (χ4v) is 3.28. The Labute approximate surface area is 189 Å². The van der Waals surface area contributed by atoms with Crippen LogP contribution in [0.3, 0.4) is 0 Å². The maximum absolute atomic E-state index is 12.6. The molecule has 32 heavy (non-hydrogen) atoms. The molecule has 1 unspecified atom stereocenters. The van der Waals surface area contributed by atoms with Crippen LogP contribution in [-0.4, -0.2) is 17.9 Å². The van der Waals surface area contributed by atoms with Gasteiger partial charge in [0.15, 0.2) is 0 Å². The predicted molar refractivity (Wildman–Crippen MR) is 127 cm³/mol. The van der Waals surface area contributed by atoms with Gasteiger partial charge in [-0.25, -0.2) is 0 Å². The molecule has 166 valence electrons. The van der Waals surface area contributed by atoms with Crippen LogP contribution >= 0.6 is 0 Å². The molecule has 3 N–H and O–H groups in total. The van der Waals surface area contributed by atoms with Crippen molar-refractivity contribution in [2.45, 2.75) is 45.3 Å². The first-order valence-electron chi connectivity index (χ1n) is 10.7. The molecule has 0 spiro atoms. The van der Waals surface area contributed by atoms with Crippen LogP contribution in [0.5, 0.6) is 5.75 Å². The molecule has 0 aromatic heterocycles. The standard InChI is InChI=1S/C27H30N2O3/c1-27(2,3)22-13-15-23(16-14-22)32-18-20-9-11-21(12-10-20)26(31)29-24(25(28)30)17-19-7-5-4-6-8-19/h4-16,24H,17-18H2,1-3H3,(H2,28,30)(H,29,31). The topological polar surface area (TPSA) is 81.4 Å². The van der Waals surface area contributed by atoms with Crippen LogP contribution in [0.15, 0.2) is 78.9 Å². The van der Waals surface area contributed by atoms with E-state index in [1.807, 2.05) is 54.6 Å². The molecule has 0 aliphatic heterocycles. The molecule has 0 fully saturated rings. The number of hydrogen-bond donors (Lipinski definition) is 2. The summed E-state index contributed by atoms with van der Waals surface area (Å²) in [6.07, 6.45) is 0.349. The van der Waals surface area contributed by atoms with Gasteiger partial charge in [-0.1, -0.05) is 75.4 Å². The summed E-state index contributed by atoms with van der Waals surface area (Å²) in [4.78, 5) is 24.4. The highest BCUT2D eigenvalue weighted by atomic mass is 16.5. The number of rotatable bonds is 8. The molecule has 2 amide bonds. The van der Waals surface area contributed by atoms with Crippen molar-refractivity contribution in [3.63, 3.8) is 0 Å². The summed E-state index contributed by atoms with van der Waals surface area (Å²) in [5.41, 5.74) is 9.18. The number of primary amides is 1. The van der Waals surface area contributed by atoms with Crippen molar-refractivity contribution < 1.29 is 14.3 Å². The average Bonchev–Trinajstić information content (AvgIpc) is 2.78. The lowest BCUT2D eigenvalue weighted by Gasteiger charge is -2.19. The molecule has 1 atom stereocenters. The lowest BCUT2D eigenvalue weighted by Crippen LogP contribution is -2.45. The Hall–Kier alpha value is -3.60. The largest absolute Gasteiger partial charge is 0.489 e. The van der Waals surface area contributed by atoms with Crippen LogP contribution in [0.1, 0.15) is 47.8 Å². The number of carbonyl (C=O) groups excluding carboxylic acids is 2. The lowest BCUT2D eigenvalue weighted by atomic mass is 9.87. The molecule has 0 saturated heterocycles. The van der Waals surface area contributed by atoms with Crippen LogP contribution in [-0.2, 0) is 23.2 Å². The van der Waals surface area contributed by atoms with Crippen LogP contribution < -0.4 is 15.8 Å². The summed E-state index contributed by atoms with van der Waals surface area (Å²) < 4.78 is 5.86. The number of benzene rings is 3. The summed E-state index contributed by atoms with van der Waals surface area (Å²) in [6.45, 7) is 6.92. The zero-order chi connectivity index (χ0) is 23.1. The molecule has 3 aromatic rings. The number of ether oxygens (including phenoxy) is 1. The Morgan fingerprint density at radius 1 is 0.875 bits per heavy atom. The zero-order valence-corrected chi connectivity index (χ0v) is 18.8. The zero-order valence-electron chi connectivity index (χ0n) is 18.8. The van der Waals surface area contributed by atoms with E-state index in [1.165, 1.54) is 5.56 Å². The molecule has 0 saturated carbocycles. The van der Waals surface area contributed by atoms with Gasteiger partial charge in [-0.2, -0.15) is 0 Å². The second kappa shape index (κ2) is 10.1. The predicted octanol–water partition coefficient (Wildman–Crippen LogP) is 4.39. The van der Waals surface area contributed by atoms with E-state index in [1.54, 1.807) is 12.1 Å². The van der Waals surface area contributed by atoms with Crippen LogP contribution in [0.2, 0.25) is 0 Å². The van der Waals surface area contributed by atoms with E-state index in [9.17, 15) is 9.59 Å².